The van der Waals surface area contributed by atoms with Crippen LogP contribution in [0.25, 0.3) is 5.69 Å². The number of hydrogen-bond acceptors (Lipinski definition) is 4. The highest BCUT2D eigenvalue weighted by Crippen LogP contribution is 2.41. The molecule has 7 heteroatoms. The van der Waals surface area contributed by atoms with Gasteiger partial charge in [-0.05, 0) is 88.2 Å². The summed E-state index contributed by atoms with van der Waals surface area (Å²) < 4.78 is 7.64. The zero-order valence-electron chi connectivity index (χ0n) is 19.4. The fourth-order valence-electron chi connectivity index (χ4n) is 4.51. The zero-order chi connectivity index (χ0) is 22.8. The molecule has 0 amide bonds. The molecule has 1 aliphatic heterocycles. The van der Waals surface area contributed by atoms with Gasteiger partial charge in [-0.3, -0.25) is 4.98 Å². The number of nitrogens with one attached hydrogen (secondary N) is 1. The van der Waals surface area contributed by atoms with E-state index in [9.17, 15) is 0 Å². The van der Waals surface area contributed by atoms with Crippen LogP contribution in [0.5, 0.6) is 5.75 Å². The van der Waals surface area contributed by atoms with Gasteiger partial charge in [0.15, 0.2) is 5.11 Å². The first-order valence-corrected chi connectivity index (χ1v) is 11.3. The number of benzene rings is 1. The highest BCUT2D eigenvalue weighted by atomic mass is 32.1. The van der Waals surface area contributed by atoms with E-state index in [4.69, 9.17) is 17.0 Å². The number of nitrogens with zero attached hydrogens (tertiary/aromatic N) is 4. The van der Waals surface area contributed by atoms with Gasteiger partial charge in [-0.1, -0.05) is 6.07 Å². The van der Waals surface area contributed by atoms with Gasteiger partial charge in [0.1, 0.15) is 5.75 Å². The Morgan fingerprint density at radius 3 is 2.50 bits per heavy atom. The first-order chi connectivity index (χ1) is 15.4. The highest BCUT2D eigenvalue weighted by molar-refractivity contribution is 7.80. The van der Waals surface area contributed by atoms with Gasteiger partial charge in [-0.15, -0.1) is 0 Å². The van der Waals surface area contributed by atoms with Crippen molar-refractivity contribution in [3.05, 3.63) is 77.4 Å². The summed E-state index contributed by atoms with van der Waals surface area (Å²) in [5.41, 5.74) is 5.78. The van der Waals surface area contributed by atoms with Crippen molar-refractivity contribution < 1.29 is 4.74 Å². The van der Waals surface area contributed by atoms with Crippen molar-refractivity contribution in [2.24, 2.45) is 0 Å². The van der Waals surface area contributed by atoms with Gasteiger partial charge in [0.05, 0.1) is 24.9 Å². The number of thiocarbonyl (C=S) groups is 1. The van der Waals surface area contributed by atoms with Crippen molar-refractivity contribution in [3.63, 3.8) is 0 Å². The lowest BCUT2D eigenvalue weighted by molar-refractivity contribution is 0.277. The summed E-state index contributed by atoms with van der Waals surface area (Å²) in [6, 6.07) is 16.6. The molecule has 0 saturated carbocycles. The highest BCUT2D eigenvalue weighted by Gasteiger charge is 2.41. The van der Waals surface area contributed by atoms with Gasteiger partial charge < -0.3 is 24.4 Å². The molecule has 1 fully saturated rings. The molecule has 0 aliphatic carbocycles. The van der Waals surface area contributed by atoms with Crippen molar-refractivity contribution >= 4 is 17.3 Å². The van der Waals surface area contributed by atoms with Crippen molar-refractivity contribution in [1.82, 2.24) is 24.7 Å². The number of hydrogen-bond donors (Lipinski definition) is 1. The van der Waals surface area contributed by atoms with Crippen molar-refractivity contribution in [1.29, 1.82) is 0 Å². The number of pyridine rings is 1. The van der Waals surface area contributed by atoms with Crippen LogP contribution in [0.1, 0.15) is 34.7 Å². The number of aromatic nitrogens is 2. The fourth-order valence-corrected chi connectivity index (χ4v) is 4.84. The summed E-state index contributed by atoms with van der Waals surface area (Å²) in [6.45, 7) is 6.11. The fraction of sp³-hybridized carbons (Fsp3) is 0.360. The second kappa shape index (κ2) is 9.30. The smallest absolute Gasteiger partial charge is 0.170 e. The number of aryl methyl sites for hydroxylation is 1. The Morgan fingerprint density at radius 2 is 1.88 bits per heavy atom. The summed E-state index contributed by atoms with van der Waals surface area (Å²) in [4.78, 5) is 9.16. The van der Waals surface area contributed by atoms with Crippen LogP contribution in [0.2, 0.25) is 0 Å². The Bertz CT molecular complexity index is 1080. The normalized spacial score (nSPS) is 18.3. The third kappa shape index (κ3) is 4.23. The topological polar surface area (TPSA) is 45.6 Å². The minimum Gasteiger partial charge on any atom is -0.497 e. The lowest BCUT2D eigenvalue weighted by atomic mass is 9.97. The minimum absolute atomic E-state index is 0.00400. The largest absolute Gasteiger partial charge is 0.497 e. The third-order valence-corrected chi connectivity index (χ3v) is 6.46. The van der Waals surface area contributed by atoms with E-state index in [1.807, 2.05) is 30.5 Å². The monoisotopic (exact) mass is 449 g/mol. The van der Waals surface area contributed by atoms with E-state index in [2.05, 4.69) is 76.9 Å². The van der Waals surface area contributed by atoms with E-state index in [0.29, 0.717) is 0 Å². The Morgan fingerprint density at radius 1 is 1.12 bits per heavy atom. The number of ether oxygens (including phenoxy) is 1. The lowest BCUT2D eigenvalue weighted by Crippen LogP contribution is -2.35. The third-order valence-electron chi connectivity index (χ3n) is 6.11. The Kier molecular flexibility index (Phi) is 6.48. The quantitative estimate of drug-likeness (QED) is 0.550. The first kappa shape index (κ1) is 22.3. The molecule has 1 aliphatic rings. The predicted molar refractivity (Wildman–Crippen MR) is 133 cm³/mol. The Hall–Kier alpha value is -2.90. The van der Waals surface area contributed by atoms with Crippen molar-refractivity contribution in [3.8, 4) is 11.4 Å². The molecule has 0 unspecified atom stereocenters. The molecule has 2 aromatic heterocycles. The number of rotatable bonds is 7. The van der Waals surface area contributed by atoms with Gasteiger partial charge in [0.2, 0.25) is 0 Å². The summed E-state index contributed by atoms with van der Waals surface area (Å²) >= 11 is 5.80. The summed E-state index contributed by atoms with van der Waals surface area (Å²) in [6.07, 6.45) is 1.85. The molecule has 1 N–H and O–H groups in total. The van der Waals surface area contributed by atoms with Crippen LogP contribution in [-0.4, -0.2) is 58.8 Å². The standard InChI is InChI=1S/C25H31N5OS/c1-17-16-21(18(2)30(17)19-9-11-20(31-5)12-10-19)24-23(22-8-6-7-13-26-22)27-25(32)29(24)15-14-28(3)4/h6-13,16,23-24H,14-15H2,1-5H3,(H,27,32)/t23-,24-/m1/s1. The molecular weight excluding hydrogens is 418 g/mol. The molecule has 3 aromatic rings. The van der Waals surface area contributed by atoms with Crippen LogP contribution in [0.15, 0.2) is 54.7 Å². The molecule has 0 bridgehead atoms. The average Bonchev–Trinajstić information content (AvgIpc) is 3.27. The number of likely N-dealkylation sites (N-methyl/N-ethyl adjacent to an activating group) is 1. The van der Waals surface area contributed by atoms with Crippen LogP contribution < -0.4 is 10.1 Å². The molecule has 4 rings (SSSR count). The zero-order valence-corrected chi connectivity index (χ0v) is 20.2. The maximum absolute atomic E-state index is 5.80. The van der Waals surface area contributed by atoms with Gasteiger partial charge >= 0.3 is 0 Å². The first-order valence-electron chi connectivity index (χ1n) is 10.9. The lowest BCUT2D eigenvalue weighted by Gasteiger charge is -2.29. The molecule has 32 heavy (non-hydrogen) atoms. The van der Waals surface area contributed by atoms with E-state index in [1.165, 1.54) is 17.0 Å². The molecule has 1 aromatic carbocycles. The SMILES string of the molecule is COc1ccc(-n2c(C)cc([C@@H]3[C@@H](c4ccccn4)NC(=S)N3CCN(C)C)c2C)cc1. The predicted octanol–water partition coefficient (Wildman–Crippen LogP) is 4.03. The van der Waals surface area contributed by atoms with Crippen LogP contribution >= 0.6 is 12.2 Å². The van der Waals surface area contributed by atoms with Crippen LogP contribution in [0.4, 0.5) is 0 Å². The van der Waals surface area contributed by atoms with E-state index in [0.717, 1.165) is 35.3 Å². The maximum atomic E-state index is 5.80. The summed E-state index contributed by atoms with van der Waals surface area (Å²) in [5, 5.41) is 4.33. The summed E-state index contributed by atoms with van der Waals surface area (Å²) in [7, 11) is 5.87. The molecule has 0 radical (unpaired) electrons. The molecule has 168 valence electrons. The second-order valence-corrected chi connectivity index (χ2v) is 8.87. The molecular formula is C25H31N5OS. The van der Waals surface area contributed by atoms with Crippen LogP contribution in [0.3, 0.4) is 0 Å². The van der Waals surface area contributed by atoms with Gasteiger partial charge in [-0.25, -0.2) is 0 Å². The van der Waals surface area contributed by atoms with Gasteiger partial charge in [0, 0.05) is 36.4 Å². The van der Waals surface area contributed by atoms with Crippen molar-refractivity contribution in [2.75, 3.05) is 34.3 Å². The second-order valence-electron chi connectivity index (χ2n) is 8.48. The molecule has 1 saturated heterocycles. The Labute approximate surface area is 195 Å². The molecule has 6 nitrogen and oxygen atoms in total. The average molecular weight is 450 g/mol. The van der Waals surface area contributed by atoms with E-state index in [-0.39, 0.29) is 12.1 Å². The van der Waals surface area contributed by atoms with Crippen LogP contribution in [-0.2, 0) is 0 Å². The minimum atomic E-state index is -0.00400. The van der Waals surface area contributed by atoms with Gasteiger partial charge in [-0.2, -0.15) is 0 Å². The maximum Gasteiger partial charge on any atom is 0.170 e. The molecule has 2 atom stereocenters. The summed E-state index contributed by atoms with van der Waals surface area (Å²) in [5.74, 6) is 0.854. The van der Waals surface area contributed by atoms with E-state index >= 15 is 0 Å². The molecule has 3 heterocycles. The van der Waals surface area contributed by atoms with Crippen LogP contribution in [0, 0.1) is 13.8 Å². The molecule has 0 spiro atoms. The number of methoxy groups -OCH3 is 1. The Balaban J connectivity index is 1.78. The van der Waals surface area contributed by atoms with Gasteiger partial charge in [0.25, 0.3) is 0 Å². The van der Waals surface area contributed by atoms with E-state index < -0.39 is 0 Å². The van der Waals surface area contributed by atoms with Crippen molar-refractivity contribution in [2.45, 2.75) is 25.9 Å². The van der Waals surface area contributed by atoms with E-state index in [1.54, 1.807) is 7.11 Å².